The van der Waals surface area contributed by atoms with E-state index >= 15 is 0 Å². The number of nitrogens with zero attached hydrogens (tertiary/aromatic N) is 2. The minimum atomic E-state index is -0.466. The first kappa shape index (κ1) is 14.8. The second kappa shape index (κ2) is 5.93. The average molecular weight is 298 g/mol. The van der Waals surface area contributed by atoms with E-state index < -0.39 is 6.04 Å². The SMILES string of the molecule is Cc1cccc(-c2cnc(C3CCCN3C(=O)[C@@H](C)N)[nH]2)c1. The van der Waals surface area contributed by atoms with E-state index in [-0.39, 0.29) is 11.9 Å². The van der Waals surface area contributed by atoms with Crippen molar-refractivity contribution >= 4 is 5.91 Å². The van der Waals surface area contributed by atoms with Crippen molar-refractivity contribution in [1.82, 2.24) is 14.9 Å². The lowest BCUT2D eigenvalue weighted by Gasteiger charge is -2.24. The Morgan fingerprint density at radius 1 is 1.50 bits per heavy atom. The molecule has 2 aromatic rings. The van der Waals surface area contributed by atoms with Crippen LogP contribution in [0.1, 0.15) is 37.2 Å². The molecule has 22 heavy (non-hydrogen) atoms. The topological polar surface area (TPSA) is 75.0 Å². The quantitative estimate of drug-likeness (QED) is 0.913. The average Bonchev–Trinajstić information content (AvgIpc) is 3.15. The molecule has 0 saturated carbocycles. The zero-order chi connectivity index (χ0) is 15.7. The van der Waals surface area contributed by atoms with Crippen LogP contribution in [0.5, 0.6) is 0 Å². The number of aryl methyl sites for hydroxylation is 1. The summed E-state index contributed by atoms with van der Waals surface area (Å²) in [6.45, 7) is 4.56. The Morgan fingerprint density at radius 2 is 2.32 bits per heavy atom. The monoisotopic (exact) mass is 298 g/mol. The summed E-state index contributed by atoms with van der Waals surface area (Å²) in [4.78, 5) is 21.9. The van der Waals surface area contributed by atoms with Gasteiger partial charge in [0.15, 0.2) is 0 Å². The first-order valence-corrected chi connectivity index (χ1v) is 7.74. The van der Waals surface area contributed by atoms with Crippen LogP contribution in [0, 0.1) is 6.92 Å². The van der Waals surface area contributed by atoms with E-state index in [0.29, 0.717) is 0 Å². The lowest BCUT2D eigenvalue weighted by atomic mass is 10.1. The molecule has 0 spiro atoms. The number of carbonyl (C=O) groups is 1. The van der Waals surface area contributed by atoms with Crippen molar-refractivity contribution in [2.24, 2.45) is 5.73 Å². The van der Waals surface area contributed by atoms with Gasteiger partial charge in [-0.1, -0.05) is 23.8 Å². The molecule has 1 aromatic heterocycles. The van der Waals surface area contributed by atoms with E-state index in [1.165, 1.54) is 5.56 Å². The van der Waals surface area contributed by atoms with Gasteiger partial charge in [0.05, 0.1) is 24.0 Å². The second-order valence-corrected chi connectivity index (χ2v) is 6.03. The molecule has 2 heterocycles. The fourth-order valence-corrected chi connectivity index (χ4v) is 3.04. The van der Waals surface area contributed by atoms with Crippen molar-refractivity contribution in [2.45, 2.75) is 38.8 Å². The lowest BCUT2D eigenvalue weighted by molar-refractivity contribution is -0.133. The summed E-state index contributed by atoms with van der Waals surface area (Å²) in [7, 11) is 0. The summed E-state index contributed by atoms with van der Waals surface area (Å²) in [6, 6.07) is 7.83. The molecule has 116 valence electrons. The van der Waals surface area contributed by atoms with Gasteiger partial charge < -0.3 is 15.6 Å². The van der Waals surface area contributed by atoms with Gasteiger partial charge in [0.1, 0.15) is 5.82 Å². The summed E-state index contributed by atoms with van der Waals surface area (Å²) >= 11 is 0. The Balaban J connectivity index is 1.85. The number of aromatic amines is 1. The van der Waals surface area contributed by atoms with Gasteiger partial charge >= 0.3 is 0 Å². The summed E-state index contributed by atoms with van der Waals surface area (Å²) in [5.74, 6) is 0.846. The minimum absolute atomic E-state index is 0.00370. The molecule has 0 radical (unpaired) electrons. The molecule has 1 aliphatic rings. The number of amides is 1. The maximum Gasteiger partial charge on any atom is 0.239 e. The van der Waals surface area contributed by atoms with Crippen molar-refractivity contribution in [1.29, 1.82) is 0 Å². The van der Waals surface area contributed by atoms with Crippen LogP contribution in [-0.4, -0.2) is 33.4 Å². The van der Waals surface area contributed by atoms with E-state index in [1.807, 2.05) is 17.2 Å². The van der Waals surface area contributed by atoms with Gasteiger partial charge in [-0.3, -0.25) is 4.79 Å². The summed E-state index contributed by atoms with van der Waals surface area (Å²) in [6.07, 6.45) is 3.76. The minimum Gasteiger partial charge on any atom is -0.340 e. The van der Waals surface area contributed by atoms with Crippen LogP contribution in [0.25, 0.3) is 11.3 Å². The number of rotatable bonds is 3. The maximum absolute atomic E-state index is 12.2. The number of H-pyrrole nitrogens is 1. The van der Waals surface area contributed by atoms with Gasteiger partial charge in [0.25, 0.3) is 0 Å². The van der Waals surface area contributed by atoms with Crippen molar-refractivity contribution in [3.05, 3.63) is 41.9 Å². The zero-order valence-electron chi connectivity index (χ0n) is 13.0. The smallest absolute Gasteiger partial charge is 0.239 e. The summed E-state index contributed by atoms with van der Waals surface area (Å²) in [5, 5.41) is 0. The number of hydrogen-bond donors (Lipinski definition) is 2. The molecule has 0 aliphatic carbocycles. The van der Waals surface area contributed by atoms with Crippen molar-refractivity contribution in [3.63, 3.8) is 0 Å². The normalized spacial score (nSPS) is 19.4. The molecule has 1 saturated heterocycles. The van der Waals surface area contributed by atoms with Gasteiger partial charge in [-0.05, 0) is 38.3 Å². The molecular weight excluding hydrogens is 276 g/mol. The van der Waals surface area contributed by atoms with E-state index in [0.717, 1.165) is 36.5 Å². The molecule has 5 heteroatoms. The molecule has 1 amide bonds. The molecule has 2 atom stereocenters. The standard InChI is InChI=1S/C17H22N4O/c1-11-5-3-6-13(9-11)14-10-19-16(20-14)15-7-4-8-21(15)17(22)12(2)18/h3,5-6,9-10,12,15H,4,7-8,18H2,1-2H3,(H,19,20)/t12-,15?/m1/s1. The first-order valence-electron chi connectivity index (χ1n) is 7.74. The largest absolute Gasteiger partial charge is 0.340 e. The second-order valence-electron chi connectivity index (χ2n) is 6.03. The van der Waals surface area contributed by atoms with Crippen LogP contribution < -0.4 is 5.73 Å². The molecular formula is C17H22N4O. The van der Waals surface area contributed by atoms with Crippen molar-refractivity contribution < 1.29 is 4.79 Å². The highest BCUT2D eigenvalue weighted by atomic mass is 16.2. The predicted molar refractivity (Wildman–Crippen MR) is 86.1 cm³/mol. The van der Waals surface area contributed by atoms with E-state index in [4.69, 9.17) is 5.73 Å². The first-order chi connectivity index (χ1) is 10.6. The third kappa shape index (κ3) is 2.76. The van der Waals surface area contributed by atoms with Crippen LogP contribution in [-0.2, 0) is 4.79 Å². The van der Waals surface area contributed by atoms with Gasteiger partial charge in [0, 0.05) is 6.54 Å². The van der Waals surface area contributed by atoms with Crippen molar-refractivity contribution in [3.8, 4) is 11.3 Å². The fraction of sp³-hybridized carbons (Fsp3) is 0.412. The molecule has 1 aromatic carbocycles. The number of imidazole rings is 1. The van der Waals surface area contributed by atoms with Gasteiger partial charge in [-0.25, -0.2) is 4.98 Å². The fourth-order valence-electron chi connectivity index (χ4n) is 3.04. The van der Waals surface area contributed by atoms with Crippen LogP contribution in [0.2, 0.25) is 0 Å². The Labute approximate surface area is 130 Å². The number of aromatic nitrogens is 2. The third-order valence-electron chi connectivity index (χ3n) is 4.17. The van der Waals surface area contributed by atoms with Crippen molar-refractivity contribution in [2.75, 3.05) is 6.54 Å². The number of benzene rings is 1. The third-order valence-corrected chi connectivity index (χ3v) is 4.17. The number of carbonyl (C=O) groups excluding carboxylic acids is 1. The highest BCUT2D eigenvalue weighted by Crippen LogP contribution is 2.31. The Kier molecular flexibility index (Phi) is 3.98. The Morgan fingerprint density at radius 3 is 3.05 bits per heavy atom. The predicted octanol–water partition coefficient (Wildman–Crippen LogP) is 2.40. The Bertz CT molecular complexity index is 677. The van der Waals surface area contributed by atoms with E-state index in [2.05, 4.69) is 35.1 Å². The summed E-state index contributed by atoms with van der Waals surface area (Å²) in [5.41, 5.74) is 9.06. The summed E-state index contributed by atoms with van der Waals surface area (Å²) < 4.78 is 0. The molecule has 1 fully saturated rings. The Hall–Kier alpha value is -2.14. The highest BCUT2D eigenvalue weighted by molar-refractivity contribution is 5.81. The molecule has 3 rings (SSSR count). The number of nitrogens with two attached hydrogens (primary N) is 1. The number of nitrogens with one attached hydrogen (secondary N) is 1. The van der Waals surface area contributed by atoms with Gasteiger partial charge in [0.2, 0.25) is 5.91 Å². The van der Waals surface area contributed by atoms with Crippen LogP contribution in [0.15, 0.2) is 30.5 Å². The van der Waals surface area contributed by atoms with Crippen LogP contribution >= 0.6 is 0 Å². The van der Waals surface area contributed by atoms with Crippen LogP contribution in [0.3, 0.4) is 0 Å². The van der Waals surface area contributed by atoms with E-state index in [1.54, 1.807) is 6.92 Å². The van der Waals surface area contributed by atoms with E-state index in [9.17, 15) is 4.79 Å². The van der Waals surface area contributed by atoms with Gasteiger partial charge in [-0.15, -0.1) is 0 Å². The lowest BCUT2D eigenvalue weighted by Crippen LogP contribution is -2.41. The highest BCUT2D eigenvalue weighted by Gasteiger charge is 2.33. The van der Waals surface area contributed by atoms with Crippen LogP contribution in [0.4, 0.5) is 0 Å². The molecule has 5 nitrogen and oxygen atoms in total. The van der Waals surface area contributed by atoms with Gasteiger partial charge in [-0.2, -0.15) is 0 Å². The maximum atomic E-state index is 12.2. The molecule has 1 aliphatic heterocycles. The zero-order valence-corrected chi connectivity index (χ0v) is 13.0. The molecule has 1 unspecified atom stereocenters. The number of hydrogen-bond acceptors (Lipinski definition) is 3. The molecule has 3 N–H and O–H groups in total. The molecule has 0 bridgehead atoms. The number of likely N-dealkylation sites (tertiary alicyclic amines) is 1.